The van der Waals surface area contributed by atoms with Crippen LogP contribution in [0.1, 0.15) is 25.7 Å². The lowest BCUT2D eigenvalue weighted by Gasteiger charge is -2.28. The summed E-state index contributed by atoms with van der Waals surface area (Å²) in [5.41, 5.74) is 0. The summed E-state index contributed by atoms with van der Waals surface area (Å²) in [5, 5.41) is 5.84. The second kappa shape index (κ2) is 6.81. The first-order valence-corrected chi connectivity index (χ1v) is 6.99. The average molecular weight is 283 g/mol. The Hall–Kier alpha value is -1.47. The quantitative estimate of drug-likeness (QED) is 0.647. The fraction of sp³-hybridized carbons (Fsp3) is 0.769. The van der Waals surface area contributed by atoms with Crippen LogP contribution in [0.5, 0.6) is 0 Å². The molecule has 2 saturated heterocycles. The summed E-state index contributed by atoms with van der Waals surface area (Å²) < 4.78 is 5.22. The fourth-order valence-electron chi connectivity index (χ4n) is 2.44. The van der Waals surface area contributed by atoms with E-state index in [-0.39, 0.29) is 30.3 Å². The number of piperidine rings is 1. The van der Waals surface area contributed by atoms with Crippen molar-refractivity contribution in [1.29, 1.82) is 0 Å². The van der Waals surface area contributed by atoms with Crippen molar-refractivity contribution in [3.63, 3.8) is 0 Å². The van der Waals surface area contributed by atoms with Crippen LogP contribution in [0.3, 0.4) is 0 Å². The molecule has 0 bridgehead atoms. The van der Waals surface area contributed by atoms with Crippen molar-refractivity contribution in [3.05, 3.63) is 0 Å². The molecule has 0 aliphatic carbocycles. The Morgan fingerprint density at radius 2 is 2.00 bits per heavy atom. The second-order valence-corrected chi connectivity index (χ2v) is 5.22. The van der Waals surface area contributed by atoms with Gasteiger partial charge in [-0.2, -0.15) is 0 Å². The smallest absolute Gasteiger partial charge is 0.246 e. The number of ether oxygens (including phenoxy) is 1. The Labute approximate surface area is 118 Å². The van der Waals surface area contributed by atoms with Crippen molar-refractivity contribution in [2.45, 2.75) is 37.8 Å². The van der Waals surface area contributed by atoms with Gasteiger partial charge in [-0.15, -0.1) is 0 Å². The van der Waals surface area contributed by atoms with Crippen LogP contribution < -0.4 is 10.6 Å². The largest absolute Gasteiger partial charge is 0.381 e. The van der Waals surface area contributed by atoms with Crippen molar-refractivity contribution < 1.29 is 19.1 Å². The Bertz CT molecular complexity index is 393. The van der Waals surface area contributed by atoms with Gasteiger partial charge in [0.15, 0.2) is 0 Å². The van der Waals surface area contributed by atoms with Crippen LogP contribution in [0.15, 0.2) is 0 Å². The van der Waals surface area contributed by atoms with Gasteiger partial charge in [-0.1, -0.05) is 0 Å². The summed E-state index contributed by atoms with van der Waals surface area (Å²) >= 11 is 0. The van der Waals surface area contributed by atoms with E-state index in [0.717, 1.165) is 17.7 Å². The highest BCUT2D eigenvalue weighted by Gasteiger charge is 2.31. The van der Waals surface area contributed by atoms with Crippen molar-refractivity contribution >= 4 is 17.7 Å². The Balaban J connectivity index is 1.72. The lowest BCUT2D eigenvalue weighted by atomic mass is 10.0. The van der Waals surface area contributed by atoms with Gasteiger partial charge in [-0.05, 0) is 19.3 Å². The normalized spacial score (nSPS) is 24.9. The highest BCUT2D eigenvalue weighted by atomic mass is 16.5. The first-order chi connectivity index (χ1) is 9.58. The zero-order valence-electron chi connectivity index (χ0n) is 11.7. The molecule has 7 nitrogen and oxygen atoms in total. The van der Waals surface area contributed by atoms with Gasteiger partial charge in [0.1, 0.15) is 0 Å². The Kier molecular flexibility index (Phi) is 5.08. The molecule has 2 aliphatic heterocycles. The molecule has 2 aliphatic rings. The molecule has 2 heterocycles. The molecule has 0 radical (unpaired) electrons. The predicted octanol–water partition coefficient (Wildman–Crippen LogP) is -0.981. The summed E-state index contributed by atoms with van der Waals surface area (Å²) in [6.07, 6.45) is 2.44. The number of nitrogens with zero attached hydrogens (tertiary/aromatic N) is 1. The lowest BCUT2D eigenvalue weighted by Crippen LogP contribution is -2.53. The predicted molar refractivity (Wildman–Crippen MR) is 70.8 cm³/mol. The van der Waals surface area contributed by atoms with Crippen molar-refractivity contribution in [2.24, 2.45) is 0 Å². The minimum atomic E-state index is -0.446. The molecule has 3 amide bonds. The summed E-state index contributed by atoms with van der Waals surface area (Å²) in [7, 11) is 1.47. The minimum Gasteiger partial charge on any atom is -0.381 e. The number of carbonyl (C=O) groups is 3. The maximum atomic E-state index is 11.8. The van der Waals surface area contributed by atoms with Gasteiger partial charge in [0.2, 0.25) is 17.7 Å². The molecule has 1 atom stereocenters. The average Bonchev–Trinajstić information content (AvgIpc) is 2.45. The van der Waals surface area contributed by atoms with E-state index in [9.17, 15) is 14.4 Å². The van der Waals surface area contributed by atoms with Crippen LogP contribution in [-0.2, 0) is 19.1 Å². The van der Waals surface area contributed by atoms with E-state index in [1.54, 1.807) is 0 Å². The van der Waals surface area contributed by atoms with E-state index in [1.165, 1.54) is 7.05 Å². The first-order valence-electron chi connectivity index (χ1n) is 6.99. The summed E-state index contributed by atoms with van der Waals surface area (Å²) in [4.78, 5) is 36.1. The van der Waals surface area contributed by atoms with E-state index >= 15 is 0 Å². The molecule has 0 saturated carbocycles. The van der Waals surface area contributed by atoms with Gasteiger partial charge in [0, 0.05) is 32.7 Å². The van der Waals surface area contributed by atoms with Gasteiger partial charge in [0.25, 0.3) is 0 Å². The number of imide groups is 1. The maximum absolute atomic E-state index is 11.8. The third-order valence-electron chi connectivity index (χ3n) is 3.75. The van der Waals surface area contributed by atoms with Crippen LogP contribution >= 0.6 is 0 Å². The van der Waals surface area contributed by atoms with Crippen molar-refractivity contribution in [1.82, 2.24) is 15.5 Å². The summed E-state index contributed by atoms with van der Waals surface area (Å²) in [6.45, 7) is 1.44. The standard InChI is InChI=1S/C13H21N3O4/c1-16-12(18)3-2-10(13(16)19)14-8-11(17)15-9-4-6-20-7-5-9/h9-10,14H,2-8H2,1H3,(H,15,17). The molecule has 1 unspecified atom stereocenters. The number of rotatable bonds is 4. The summed E-state index contributed by atoms with van der Waals surface area (Å²) in [5.74, 6) is -0.552. The molecular formula is C13H21N3O4. The zero-order valence-corrected chi connectivity index (χ0v) is 11.7. The first kappa shape index (κ1) is 14.9. The fourth-order valence-corrected chi connectivity index (χ4v) is 2.44. The zero-order chi connectivity index (χ0) is 14.5. The van der Waals surface area contributed by atoms with Crippen molar-refractivity contribution in [2.75, 3.05) is 26.8 Å². The molecule has 112 valence electrons. The van der Waals surface area contributed by atoms with Crippen LogP contribution in [0.2, 0.25) is 0 Å². The molecule has 0 aromatic rings. The number of hydrogen-bond acceptors (Lipinski definition) is 5. The van der Waals surface area contributed by atoms with Gasteiger partial charge in [0.05, 0.1) is 12.6 Å². The van der Waals surface area contributed by atoms with Gasteiger partial charge >= 0.3 is 0 Å². The molecular weight excluding hydrogens is 262 g/mol. The lowest BCUT2D eigenvalue weighted by molar-refractivity contribution is -0.148. The number of nitrogens with one attached hydrogen (secondary N) is 2. The van der Waals surface area contributed by atoms with Gasteiger partial charge in [-0.3, -0.25) is 24.6 Å². The Morgan fingerprint density at radius 1 is 1.30 bits per heavy atom. The van der Waals surface area contributed by atoms with Crippen LogP contribution in [0.25, 0.3) is 0 Å². The topological polar surface area (TPSA) is 87.7 Å². The molecule has 7 heteroatoms. The number of amides is 3. The number of hydrogen-bond donors (Lipinski definition) is 2. The van der Waals surface area contributed by atoms with E-state index in [0.29, 0.717) is 26.1 Å². The van der Waals surface area contributed by atoms with E-state index in [1.807, 2.05) is 0 Å². The number of carbonyl (C=O) groups excluding carboxylic acids is 3. The SMILES string of the molecule is CN1C(=O)CCC(NCC(=O)NC2CCOCC2)C1=O. The molecule has 0 aromatic heterocycles. The van der Waals surface area contributed by atoms with E-state index < -0.39 is 6.04 Å². The second-order valence-electron chi connectivity index (χ2n) is 5.22. The third-order valence-corrected chi connectivity index (χ3v) is 3.75. The van der Waals surface area contributed by atoms with Crippen LogP contribution in [0, 0.1) is 0 Å². The highest BCUT2D eigenvalue weighted by molar-refractivity contribution is 6.00. The molecule has 0 spiro atoms. The summed E-state index contributed by atoms with van der Waals surface area (Å²) in [6, 6.07) is -0.289. The highest BCUT2D eigenvalue weighted by Crippen LogP contribution is 2.11. The number of likely N-dealkylation sites (tertiary alicyclic amines) is 1. The van der Waals surface area contributed by atoms with E-state index in [4.69, 9.17) is 4.74 Å². The van der Waals surface area contributed by atoms with Crippen molar-refractivity contribution in [3.8, 4) is 0 Å². The Morgan fingerprint density at radius 3 is 2.70 bits per heavy atom. The van der Waals surface area contributed by atoms with Gasteiger partial charge in [-0.25, -0.2) is 0 Å². The molecule has 20 heavy (non-hydrogen) atoms. The molecule has 0 aromatic carbocycles. The molecule has 2 rings (SSSR count). The number of likely N-dealkylation sites (N-methyl/N-ethyl adjacent to an activating group) is 1. The van der Waals surface area contributed by atoms with Gasteiger partial charge < -0.3 is 10.1 Å². The van der Waals surface area contributed by atoms with Crippen LogP contribution in [-0.4, -0.2) is 61.5 Å². The molecule has 2 fully saturated rings. The monoisotopic (exact) mass is 283 g/mol. The minimum absolute atomic E-state index is 0.0930. The maximum Gasteiger partial charge on any atom is 0.246 e. The van der Waals surface area contributed by atoms with Crippen LogP contribution in [0.4, 0.5) is 0 Å². The molecule has 2 N–H and O–H groups in total. The third kappa shape index (κ3) is 3.77. The van der Waals surface area contributed by atoms with E-state index in [2.05, 4.69) is 10.6 Å².